The third-order valence-corrected chi connectivity index (χ3v) is 6.80. The van der Waals surface area contributed by atoms with Crippen LogP contribution in [-0.2, 0) is 32.1 Å². The second-order valence-electron chi connectivity index (χ2n) is 10.5. The Morgan fingerprint density at radius 3 is 1.86 bits per heavy atom. The molecule has 8 N–H and O–H groups in total. The fourth-order valence-electron chi connectivity index (χ4n) is 4.45. The van der Waals surface area contributed by atoms with E-state index in [2.05, 4.69) is 20.9 Å². The standard InChI is InChI=1S/C32H40N6O4.C2HF3O2/c1-2-42-32(41)37-22-24-17-15-23(16-18-24)19-21-35-29(39)27(14-9-20-36-31(33)34)38-30(40)28(25-10-5-3-6-11-25)26-12-7-4-8-13-26;3-2(4,5)1(6)7/h3-8,10-13,15-18,27-28H,2,9,14,19-22H2,1H3,(H,35,39)(H,37,41)(H,38,40)(H4,33,34,36);(H,6,7)/t27-;/m1./s1. The molecule has 49 heavy (non-hydrogen) atoms. The molecule has 0 aliphatic carbocycles. The molecule has 0 unspecified atom stereocenters. The summed E-state index contributed by atoms with van der Waals surface area (Å²) in [5.41, 5.74) is 14.5. The van der Waals surface area contributed by atoms with Crippen molar-refractivity contribution in [3.05, 3.63) is 107 Å². The van der Waals surface area contributed by atoms with Crippen molar-refractivity contribution in [2.45, 2.75) is 50.9 Å². The van der Waals surface area contributed by atoms with E-state index in [0.29, 0.717) is 45.5 Å². The molecule has 264 valence electrons. The first kappa shape index (κ1) is 39.6. The van der Waals surface area contributed by atoms with E-state index in [9.17, 15) is 27.6 Å². The first-order valence-corrected chi connectivity index (χ1v) is 15.3. The van der Waals surface area contributed by atoms with Gasteiger partial charge in [0.1, 0.15) is 6.04 Å². The summed E-state index contributed by atoms with van der Waals surface area (Å²) in [5.74, 6) is -3.88. The normalized spacial score (nSPS) is 11.3. The Balaban J connectivity index is 0.00000107. The monoisotopic (exact) mass is 686 g/mol. The molecule has 3 aromatic carbocycles. The molecular weight excluding hydrogens is 645 g/mol. The van der Waals surface area contributed by atoms with Crippen LogP contribution >= 0.6 is 0 Å². The Morgan fingerprint density at radius 1 is 0.837 bits per heavy atom. The highest BCUT2D eigenvalue weighted by atomic mass is 19.4. The highest BCUT2D eigenvalue weighted by Gasteiger charge is 2.38. The zero-order chi connectivity index (χ0) is 36.2. The summed E-state index contributed by atoms with van der Waals surface area (Å²) in [4.78, 5) is 51.3. The number of hydrogen-bond donors (Lipinski definition) is 6. The Kier molecular flexibility index (Phi) is 16.6. The van der Waals surface area contributed by atoms with E-state index in [4.69, 9.17) is 26.1 Å². The second kappa shape index (κ2) is 20.6. The molecule has 15 heteroatoms. The Labute approximate surface area is 282 Å². The van der Waals surface area contributed by atoms with Gasteiger partial charge in [-0.1, -0.05) is 84.9 Å². The van der Waals surface area contributed by atoms with Gasteiger partial charge < -0.3 is 37.3 Å². The number of halogens is 3. The van der Waals surface area contributed by atoms with Crippen molar-refractivity contribution < 1.29 is 42.2 Å². The molecule has 0 aromatic heterocycles. The largest absolute Gasteiger partial charge is 0.490 e. The highest BCUT2D eigenvalue weighted by molar-refractivity contribution is 5.92. The number of nitrogens with two attached hydrogens (primary N) is 2. The van der Waals surface area contributed by atoms with Gasteiger partial charge in [-0.15, -0.1) is 0 Å². The zero-order valence-corrected chi connectivity index (χ0v) is 26.9. The van der Waals surface area contributed by atoms with E-state index in [0.717, 1.165) is 22.3 Å². The van der Waals surface area contributed by atoms with Gasteiger partial charge in [-0.05, 0) is 48.4 Å². The molecule has 12 nitrogen and oxygen atoms in total. The summed E-state index contributed by atoms with van der Waals surface area (Å²) in [6.45, 7) is 3.17. The van der Waals surface area contributed by atoms with Gasteiger partial charge in [0.15, 0.2) is 5.96 Å². The minimum Gasteiger partial charge on any atom is -0.475 e. The first-order valence-electron chi connectivity index (χ1n) is 15.3. The maximum Gasteiger partial charge on any atom is 0.490 e. The number of aliphatic imine (C=N–C) groups is 1. The van der Waals surface area contributed by atoms with Crippen LogP contribution in [0.4, 0.5) is 18.0 Å². The van der Waals surface area contributed by atoms with Crippen LogP contribution < -0.4 is 27.4 Å². The van der Waals surface area contributed by atoms with E-state index >= 15 is 0 Å². The van der Waals surface area contributed by atoms with Gasteiger partial charge in [-0.3, -0.25) is 14.6 Å². The van der Waals surface area contributed by atoms with E-state index < -0.39 is 30.2 Å². The summed E-state index contributed by atoms with van der Waals surface area (Å²) >= 11 is 0. The molecule has 3 aromatic rings. The van der Waals surface area contributed by atoms with E-state index in [-0.39, 0.29) is 17.8 Å². The molecule has 0 spiro atoms. The van der Waals surface area contributed by atoms with Gasteiger partial charge in [0.2, 0.25) is 11.8 Å². The second-order valence-corrected chi connectivity index (χ2v) is 10.5. The number of alkyl halides is 3. The van der Waals surface area contributed by atoms with Crippen molar-refractivity contribution in [1.29, 1.82) is 0 Å². The van der Waals surface area contributed by atoms with E-state index in [1.165, 1.54) is 0 Å². The summed E-state index contributed by atoms with van der Waals surface area (Å²) < 4.78 is 36.6. The van der Waals surface area contributed by atoms with E-state index in [1.54, 1.807) is 6.92 Å². The van der Waals surface area contributed by atoms with Crippen molar-refractivity contribution in [2.75, 3.05) is 19.7 Å². The minimum atomic E-state index is -5.08. The van der Waals surface area contributed by atoms with Crippen molar-refractivity contribution in [3.63, 3.8) is 0 Å². The number of carboxylic acids is 1. The lowest BCUT2D eigenvalue weighted by molar-refractivity contribution is -0.192. The molecule has 0 heterocycles. The van der Waals surface area contributed by atoms with Crippen LogP contribution in [0.5, 0.6) is 0 Å². The van der Waals surface area contributed by atoms with Crippen LogP contribution in [-0.4, -0.2) is 66.9 Å². The average Bonchev–Trinajstić information content (AvgIpc) is 3.06. The third kappa shape index (κ3) is 15.2. The average molecular weight is 687 g/mol. The topological polar surface area (TPSA) is 198 Å². The molecule has 0 aliphatic heterocycles. The van der Waals surface area contributed by atoms with Crippen molar-refractivity contribution in [1.82, 2.24) is 16.0 Å². The predicted molar refractivity (Wildman–Crippen MR) is 177 cm³/mol. The first-order chi connectivity index (χ1) is 23.3. The molecule has 0 saturated heterocycles. The summed E-state index contributed by atoms with van der Waals surface area (Å²) in [6, 6.07) is 26.0. The van der Waals surface area contributed by atoms with Gasteiger partial charge >= 0.3 is 18.2 Å². The number of amides is 3. The summed E-state index contributed by atoms with van der Waals surface area (Å²) in [5, 5.41) is 15.8. The number of nitrogens with zero attached hydrogens (tertiary/aromatic N) is 1. The number of carboxylic acid groups (broad SMARTS) is 1. The van der Waals surface area contributed by atoms with Crippen molar-refractivity contribution in [3.8, 4) is 0 Å². The van der Waals surface area contributed by atoms with Gasteiger partial charge in [0.05, 0.1) is 12.5 Å². The van der Waals surface area contributed by atoms with Crippen LogP contribution in [0, 0.1) is 0 Å². The lowest BCUT2D eigenvalue weighted by Crippen LogP contribution is -2.48. The zero-order valence-electron chi connectivity index (χ0n) is 26.9. The molecule has 3 amide bonds. The number of aliphatic carboxylic acids is 1. The number of carbonyl (C=O) groups is 4. The number of benzene rings is 3. The maximum absolute atomic E-state index is 13.7. The molecule has 0 saturated carbocycles. The molecule has 0 aliphatic rings. The smallest absolute Gasteiger partial charge is 0.475 e. The van der Waals surface area contributed by atoms with Crippen LogP contribution in [0.3, 0.4) is 0 Å². The fourth-order valence-corrected chi connectivity index (χ4v) is 4.45. The van der Waals surface area contributed by atoms with Crippen molar-refractivity contribution >= 4 is 29.8 Å². The highest BCUT2D eigenvalue weighted by Crippen LogP contribution is 2.25. The molecule has 0 fully saturated rings. The van der Waals surface area contributed by atoms with Gasteiger partial charge in [0, 0.05) is 19.6 Å². The number of rotatable bonds is 15. The number of nitrogens with one attached hydrogen (secondary N) is 3. The Hall–Kier alpha value is -5.60. The third-order valence-electron chi connectivity index (χ3n) is 6.80. The number of guanidine groups is 1. The van der Waals surface area contributed by atoms with Gasteiger partial charge in [0.25, 0.3) is 0 Å². The molecule has 0 radical (unpaired) electrons. The number of alkyl carbamates (subject to hydrolysis) is 1. The minimum absolute atomic E-state index is 0.0176. The Bertz CT molecular complexity index is 1460. The number of carbonyl (C=O) groups excluding carboxylic acids is 3. The van der Waals surface area contributed by atoms with Gasteiger partial charge in [-0.2, -0.15) is 13.2 Å². The predicted octanol–water partition coefficient (Wildman–Crippen LogP) is 3.60. The summed E-state index contributed by atoms with van der Waals surface area (Å²) in [6.07, 6.45) is -4.06. The van der Waals surface area contributed by atoms with Crippen LogP contribution in [0.2, 0.25) is 0 Å². The van der Waals surface area contributed by atoms with Gasteiger partial charge in [-0.25, -0.2) is 9.59 Å². The molecular formula is C34H41F3N6O6. The lowest BCUT2D eigenvalue weighted by Gasteiger charge is -2.23. The summed E-state index contributed by atoms with van der Waals surface area (Å²) in [7, 11) is 0. The van der Waals surface area contributed by atoms with Crippen molar-refractivity contribution in [2.24, 2.45) is 16.5 Å². The molecule has 1 atom stereocenters. The number of ether oxygens (including phenoxy) is 1. The molecule has 0 bridgehead atoms. The lowest BCUT2D eigenvalue weighted by atomic mass is 9.90. The maximum atomic E-state index is 13.7. The molecule has 3 rings (SSSR count). The SMILES string of the molecule is CCOC(=O)NCc1ccc(CCNC(=O)[C@@H](CCCN=C(N)N)NC(=O)C(c2ccccc2)c2ccccc2)cc1.O=C(O)C(F)(F)F. The number of hydrogen-bond acceptors (Lipinski definition) is 6. The van der Waals surface area contributed by atoms with Crippen LogP contribution in [0.1, 0.15) is 47.9 Å². The Morgan fingerprint density at radius 2 is 1.37 bits per heavy atom. The van der Waals surface area contributed by atoms with E-state index in [1.807, 2.05) is 84.9 Å². The van der Waals surface area contributed by atoms with Crippen LogP contribution in [0.15, 0.2) is 89.9 Å². The quantitative estimate of drug-likeness (QED) is 0.0792. The fraction of sp³-hybridized carbons (Fsp3) is 0.324. The van der Waals surface area contributed by atoms with Crippen LogP contribution in [0.25, 0.3) is 0 Å².